The number of rotatable bonds is 3. The molecule has 2 aromatic rings. The Morgan fingerprint density at radius 1 is 1.35 bits per heavy atom. The average molecular weight is 381 g/mol. The lowest BCUT2D eigenvalue weighted by Gasteiger charge is -2.34. The predicted molar refractivity (Wildman–Crippen MR) is 86.4 cm³/mol. The fourth-order valence-corrected chi connectivity index (χ4v) is 3.02. The lowest BCUT2D eigenvalue weighted by Crippen LogP contribution is -2.51. The predicted octanol–water partition coefficient (Wildman–Crippen LogP) is 1.34. The molecule has 0 aliphatic carbocycles. The zero-order valence-corrected chi connectivity index (χ0v) is 13.8. The van der Waals surface area contributed by atoms with Crippen LogP contribution in [0.5, 0.6) is 0 Å². The first-order chi connectivity index (χ1) is 11.0. The van der Waals surface area contributed by atoms with Crippen molar-refractivity contribution in [3.63, 3.8) is 0 Å². The Morgan fingerprint density at radius 3 is 2.70 bits per heavy atom. The van der Waals surface area contributed by atoms with E-state index in [9.17, 15) is 14.9 Å². The molecule has 0 atom stereocenters. The number of carbonyl (C=O) groups excluding carboxylic acids is 1. The van der Waals surface area contributed by atoms with Gasteiger partial charge in [-0.1, -0.05) is 0 Å². The van der Waals surface area contributed by atoms with Crippen LogP contribution < -0.4 is 9.80 Å². The second-order valence-electron chi connectivity index (χ2n) is 5.10. The number of piperazine rings is 1. The summed E-state index contributed by atoms with van der Waals surface area (Å²) in [5, 5.41) is 14.8. The first-order valence-corrected chi connectivity index (χ1v) is 7.59. The minimum absolute atomic E-state index is 0.0729. The van der Waals surface area contributed by atoms with Crippen molar-refractivity contribution >= 4 is 39.0 Å². The maximum atomic E-state index is 12.4. The highest BCUT2D eigenvalue weighted by atomic mass is 79.9. The van der Waals surface area contributed by atoms with Crippen LogP contribution in [-0.4, -0.2) is 45.2 Å². The molecule has 120 valence electrons. The molecule has 3 rings (SSSR count). The largest absolute Gasteiger partial charge is 0.345 e. The number of amides is 1. The van der Waals surface area contributed by atoms with E-state index in [1.54, 1.807) is 33.9 Å². The summed E-state index contributed by atoms with van der Waals surface area (Å²) in [7, 11) is 1.79. The van der Waals surface area contributed by atoms with Gasteiger partial charge in [-0.2, -0.15) is 5.10 Å². The van der Waals surface area contributed by atoms with Gasteiger partial charge < -0.3 is 9.80 Å². The average Bonchev–Trinajstić information content (AvgIpc) is 2.93. The van der Waals surface area contributed by atoms with Crippen molar-refractivity contribution in [2.24, 2.45) is 7.05 Å². The number of aryl methyl sites for hydroxylation is 1. The van der Waals surface area contributed by atoms with Gasteiger partial charge >= 0.3 is 0 Å². The molecule has 0 N–H and O–H groups in total. The molecular formula is C13H13BrN6O3. The van der Waals surface area contributed by atoms with Gasteiger partial charge in [0.25, 0.3) is 5.69 Å². The molecule has 0 spiro atoms. The summed E-state index contributed by atoms with van der Waals surface area (Å²) < 4.78 is 2.14. The Labute approximate surface area is 139 Å². The number of halogens is 1. The van der Waals surface area contributed by atoms with E-state index in [1.165, 1.54) is 12.3 Å². The molecule has 0 radical (unpaired) electrons. The van der Waals surface area contributed by atoms with Crippen LogP contribution in [-0.2, 0) is 11.8 Å². The SMILES string of the molecule is Cn1cc(N2CCN(c3ncc([N+](=O)[O-])cc3Br)CC2=O)cn1. The van der Waals surface area contributed by atoms with E-state index in [0.29, 0.717) is 23.4 Å². The van der Waals surface area contributed by atoms with Crippen LogP contribution in [0.15, 0.2) is 29.1 Å². The number of pyridine rings is 1. The lowest BCUT2D eigenvalue weighted by molar-refractivity contribution is -0.385. The van der Waals surface area contributed by atoms with Crippen molar-refractivity contribution in [2.45, 2.75) is 0 Å². The fourth-order valence-electron chi connectivity index (χ4n) is 2.43. The van der Waals surface area contributed by atoms with Gasteiger partial charge in [0.1, 0.15) is 12.0 Å². The van der Waals surface area contributed by atoms with Gasteiger partial charge in [0, 0.05) is 32.4 Å². The van der Waals surface area contributed by atoms with Gasteiger partial charge in [0.2, 0.25) is 5.91 Å². The van der Waals surface area contributed by atoms with Gasteiger partial charge in [0.15, 0.2) is 0 Å². The molecule has 9 nitrogen and oxygen atoms in total. The van der Waals surface area contributed by atoms with E-state index in [0.717, 1.165) is 5.69 Å². The quantitative estimate of drug-likeness (QED) is 0.588. The maximum absolute atomic E-state index is 12.4. The zero-order chi connectivity index (χ0) is 16.6. The van der Waals surface area contributed by atoms with E-state index in [1.807, 2.05) is 0 Å². The smallest absolute Gasteiger partial charge is 0.288 e. The van der Waals surface area contributed by atoms with Gasteiger partial charge in [-0.15, -0.1) is 0 Å². The topological polar surface area (TPSA) is 97.4 Å². The molecule has 10 heteroatoms. The third-order valence-corrected chi connectivity index (χ3v) is 4.12. The lowest BCUT2D eigenvalue weighted by atomic mass is 10.2. The van der Waals surface area contributed by atoms with E-state index >= 15 is 0 Å². The van der Waals surface area contributed by atoms with Gasteiger partial charge in [0.05, 0.1) is 27.8 Å². The van der Waals surface area contributed by atoms with Crippen LogP contribution in [0.3, 0.4) is 0 Å². The van der Waals surface area contributed by atoms with Gasteiger partial charge in [-0.25, -0.2) is 4.98 Å². The third kappa shape index (κ3) is 3.02. The number of aromatic nitrogens is 3. The summed E-state index contributed by atoms with van der Waals surface area (Å²) in [6, 6.07) is 1.39. The van der Waals surface area contributed by atoms with Crippen molar-refractivity contribution in [1.82, 2.24) is 14.8 Å². The Morgan fingerprint density at radius 2 is 2.13 bits per heavy atom. The highest BCUT2D eigenvalue weighted by Crippen LogP contribution is 2.29. The normalized spacial score (nSPS) is 15.1. The van der Waals surface area contributed by atoms with Crippen molar-refractivity contribution in [3.8, 4) is 0 Å². The molecule has 1 aliphatic rings. The molecule has 1 fully saturated rings. The number of carbonyl (C=O) groups is 1. The minimum Gasteiger partial charge on any atom is -0.345 e. The fraction of sp³-hybridized carbons (Fsp3) is 0.308. The number of hydrogen-bond donors (Lipinski definition) is 0. The second kappa shape index (κ2) is 5.95. The van der Waals surface area contributed by atoms with E-state index in [-0.39, 0.29) is 18.1 Å². The molecule has 23 heavy (non-hydrogen) atoms. The van der Waals surface area contributed by atoms with E-state index < -0.39 is 4.92 Å². The maximum Gasteiger partial charge on any atom is 0.288 e. The summed E-state index contributed by atoms with van der Waals surface area (Å²) in [5.41, 5.74) is 0.661. The summed E-state index contributed by atoms with van der Waals surface area (Å²) in [4.78, 5) is 30.2. The number of nitro groups is 1. The highest BCUT2D eigenvalue weighted by Gasteiger charge is 2.28. The molecule has 0 aromatic carbocycles. The summed E-state index contributed by atoms with van der Waals surface area (Å²) in [5.74, 6) is 0.450. The zero-order valence-electron chi connectivity index (χ0n) is 12.2. The number of hydrogen-bond acceptors (Lipinski definition) is 6. The number of nitrogens with zero attached hydrogens (tertiary/aromatic N) is 6. The summed E-state index contributed by atoms with van der Waals surface area (Å²) >= 11 is 3.29. The molecular weight excluding hydrogens is 368 g/mol. The summed E-state index contributed by atoms with van der Waals surface area (Å²) in [6.45, 7) is 1.22. The minimum atomic E-state index is -0.507. The van der Waals surface area contributed by atoms with Crippen LogP contribution in [0.1, 0.15) is 0 Å². The van der Waals surface area contributed by atoms with Crippen LogP contribution in [0.2, 0.25) is 0 Å². The standard InChI is InChI=1S/C13H13BrN6O3/c1-17-7-10(6-16-17)19-3-2-18(8-12(19)21)13-11(14)4-9(5-15-13)20(22)23/h4-7H,2-3,8H2,1H3. The molecule has 0 saturated carbocycles. The first-order valence-electron chi connectivity index (χ1n) is 6.79. The Balaban J connectivity index is 1.77. The Kier molecular flexibility index (Phi) is 3.99. The molecule has 3 heterocycles. The molecule has 1 saturated heterocycles. The Bertz CT molecular complexity index is 777. The molecule has 0 unspecified atom stereocenters. The van der Waals surface area contributed by atoms with Crippen LogP contribution in [0, 0.1) is 10.1 Å². The molecule has 1 aliphatic heterocycles. The second-order valence-corrected chi connectivity index (χ2v) is 5.95. The molecule has 2 aromatic heterocycles. The van der Waals surface area contributed by atoms with Crippen molar-refractivity contribution in [2.75, 3.05) is 29.4 Å². The molecule has 1 amide bonds. The van der Waals surface area contributed by atoms with Crippen LogP contribution in [0.25, 0.3) is 0 Å². The van der Waals surface area contributed by atoms with E-state index in [4.69, 9.17) is 0 Å². The highest BCUT2D eigenvalue weighted by molar-refractivity contribution is 9.10. The van der Waals surface area contributed by atoms with Gasteiger partial charge in [-0.05, 0) is 15.9 Å². The first kappa shape index (κ1) is 15.4. The molecule has 0 bridgehead atoms. The van der Waals surface area contributed by atoms with Gasteiger partial charge in [-0.3, -0.25) is 19.6 Å². The monoisotopic (exact) mass is 380 g/mol. The van der Waals surface area contributed by atoms with E-state index in [2.05, 4.69) is 26.0 Å². The van der Waals surface area contributed by atoms with Crippen LogP contribution in [0.4, 0.5) is 17.2 Å². The number of anilines is 2. The van der Waals surface area contributed by atoms with Crippen molar-refractivity contribution in [1.29, 1.82) is 0 Å². The summed E-state index contributed by atoms with van der Waals surface area (Å²) in [6.07, 6.45) is 4.62. The van der Waals surface area contributed by atoms with Crippen molar-refractivity contribution in [3.05, 3.63) is 39.2 Å². The van der Waals surface area contributed by atoms with Crippen molar-refractivity contribution < 1.29 is 9.72 Å². The Hall–Kier alpha value is -2.49. The van der Waals surface area contributed by atoms with Crippen LogP contribution >= 0.6 is 15.9 Å². The third-order valence-electron chi connectivity index (χ3n) is 3.54.